The van der Waals surface area contributed by atoms with Crippen LogP contribution in [0.5, 0.6) is 0 Å². The summed E-state index contributed by atoms with van der Waals surface area (Å²) in [6.07, 6.45) is 7.07. The molecule has 0 radical (unpaired) electrons. The lowest BCUT2D eigenvalue weighted by Gasteiger charge is -2.04. The molecule has 1 heterocycles. The van der Waals surface area contributed by atoms with Crippen LogP contribution in [0.2, 0.25) is 0 Å². The second-order valence-electron chi connectivity index (χ2n) is 7.04. The molecule has 0 atom stereocenters. The summed E-state index contributed by atoms with van der Waals surface area (Å²) in [7, 11) is 1.53. The van der Waals surface area contributed by atoms with Crippen LogP contribution in [0.1, 0.15) is 50.4 Å². The number of nitrogens with zero attached hydrogens (tertiary/aromatic N) is 3. The van der Waals surface area contributed by atoms with E-state index >= 15 is 0 Å². The van der Waals surface area contributed by atoms with Gasteiger partial charge in [0.05, 0.1) is 17.2 Å². The SMILES string of the molecule is C/C=C(\C=NC)C(=O)O.CCCNCCC.Cc1ccc(-c2cnc(C)cc2C#N)cc1. The molecule has 1 aromatic carbocycles. The van der Waals surface area contributed by atoms with Gasteiger partial charge in [-0.1, -0.05) is 49.8 Å². The summed E-state index contributed by atoms with van der Waals surface area (Å²) in [5.41, 5.74) is 4.91. The number of benzene rings is 1. The van der Waals surface area contributed by atoms with Gasteiger partial charge in [-0.2, -0.15) is 5.26 Å². The van der Waals surface area contributed by atoms with Crippen molar-refractivity contribution in [3.63, 3.8) is 0 Å². The van der Waals surface area contributed by atoms with Crippen LogP contribution >= 0.6 is 0 Å². The first-order valence-corrected chi connectivity index (χ1v) is 10.8. The normalized spacial score (nSPS) is 10.5. The Morgan fingerprint density at radius 3 is 2.19 bits per heavy atom. The van der Waals surface area contributed by atoms with E-state index in [2.05, 4.69) is 35.2 Å². The average Bonchev–Trinajstić information content (AvgIpc) is 2.79. The number of hydrogen-bond acceptors (Lipinski definition) is 5. The van der Waals surface area contributed by atoms with Gasteiger partial charge >= 0.3 is 5.97 Å². The van der Waals surface area contributed by atoms with E-state index in [1.165, 1.54) is 50.8 Å². The van der Waals surface area contributed by atoms with Gasteiger partial charge in [-0.05, 0) is 58.3 Å². The molecule has 32 heavy (non-hydrogen) atoms. The summed E-state index contributed by atoms with van der Waals surface area (Å²) < 4.78 is 0. The van der Waals surface area contributed by atoms with Gasteiger partial charge in [-0.25, -0.2) is 4.79 Å². The zero-order valence-corrected chi connectivity index (χ0v) is 20.1. The minimum atomic E-state index is -0.942. The molecule has 0 aliphatic carbocycles. The average molecular weight is 437 g/mol. The van der Waals surface area contributed by atoms with Gasteiger partial charge in [0, 0.05) is 30.7 Å². The molecule has 0 amide bonds. The van der Waals surface area contributed by atoms with Gasteiger partial charge in [0.1, 0.15) is 0 Å². The highest BCUT2D eigenvalue weighted by molar-refractivity contribution is 6.08. The predicted molar refractivity (Wildman–Crippen MR) is 133 cm³/mol. The molecule has 0 aliphatic rings. The minimum Gasteiger partial charge on any atom is -0.478 e. The summed E-state index contributed by atoms with van der Waals surface area (Å²) in [4.78, 5) is 18.0. The van der Waals surface area contributed by atoms with E-state index in [0.717, 1.165) is 16.8 Å². The number of rotatable bonds is 7. The number of aromatic nitrogens is 1. The first-order valence-electron chi connectivity index (χ1n) is 10.8. The van der Waals surface area contributed by atoms with Crippen molar-refractivity contribution in [2.24, 2.45) is 4.99 Å². The van der Waals surface area contributed by atoms with Crippen LogP contribution in [0.4, 0.5) is 0 Å². The zero-order valence-electron chi connectivity index (χ0n) is 20.1. The van der Waals surface area contributed by atoms with Crippen molar-refractivity contribution in [1.29, 1.82) is 5.26 Å². The van der Waals surface area contributed by atoms with Gasteiger partial charge in [0.15, 0.2) is 0 Å². The van der Waals surface area contributed by atoms with E-state index in [0.29, 0.717) is 5.56 Å². The third kappa shape index (κ3) is 11.8. The number of carboxylic acids is 1. The fraction of sp³-hybridized carbons (Fsp3) is 0.385. The second kappa shape index (κ2) is 17.4. The number of nitrogens with one attached hydrogen (secondary N) is 1. The molecule has 0 aliphatic heterocycles. The highest BCUT2D eigenvalue weighted by Gasteiger charge is 2.05. The molecule has 6 nitrogen and oxygen atoms in total. The van der Waals surface area contributed by atoms with Crippen molar-refractivity contribution in [3.05, 3.63) is 65.0 Å². The number of aryl methyl sites for hydroxylation is 2. The molecule has 0 fully saturated rings. The summed E-state index contributed by atoms with van der Waals surface area (Å²) >= 11 is 0. The Kier molecular flexibility index (Phi) is 15.6. The van der Waals surface area contributed by atoms with E-state index in [9.17, 15) is 4.79 Å². The number of nitriles is 1. The molecule has 2 rings (SSSR count). The number of aliphatic imine (C=N–C) groups is 1. The van der Waals surface area contributed by atoms with Crippen molar-refractivity contribution in [2.45, 2.75) is 47.5 Å². The Hall–Kier alpha value is -3.30. The van der Waals surface area contributed by atoms with Crippen molar-refractivity contribution in [1.82, 2.24) is 10.3 Å². The number of carboxylic acid groups (broad SMARTS) is 1. The van der Waals surface area contributed by atoms with Gasteiger partial charge < -0.3 is 10.4 Å². The molecule has 1 aromatic heterocycles. The standard InChI is InChI=1S/C14H12N2.C6H9NO2.C6H15N/c1-10-3-5-12(6-4-10)14-9-16-11(2)7-13(14)8-15;1-3-5(4-7-2)6(8)9;1-3-5-7-6-4-2/h3-7,9H,1-2H3;3-4H,1-2H3,(H,8,9);7H,3-6H2,1-2H3/b;5-3+,7-4?;. The number of hydrogen-bond donors (Lipinski definition) is 2. The lowest BCUT2D eigenvalue weighted by molar-refractivity contribution is -0.132. The quantitative estimate of drug-likeness (QED) is 0.346. The molecular weight excluding hydrogens is 400 g/mol. The maximum atomic E-state index is 10.2. The lowest BCUT2D eigenvalue weighted by Crippen LogP contribution is -2.14. The third-order valence-corrected chi connectivity index (χ3v) is 4.20. The first-order chi connectivity index (χ1) is 15.3. The summed E-state index contributed by atoms with van der Waals surface area (Å²) in [6.45, 7) is 12.3. The Morgan fingerprint density at radius 1 is 1.19 bits per heavy atom. The molecule has 0 spiro atoms. The fourth-order valence-corrected chi connectivity index (χ4v) is 2.49. The third-order valence-electron chi connectivity index (χ3n) is 4.20. The maximum Gasteiger partial charge on any atom is 0.336 e. The van der Waals surface area contributed by atoms with Gasteiger partial charge in [-0.15, -0.1) is 0 Å². The Balaban J connectivity index is 0.000000512. The van der Waals surface area contributed by atoms with Gasteiger partial charge in [0.25, 0.3) is 0 Å². The van der Waals surface area contributed by atoms with Crippen LogP contribution in [-0.4, -0.2) is 42.4 Å². The molecule has 2 aromatic rings. The minimum absolute atomic E-state index is 0.220. The van der Waals surface area contributed by atoms with Crippen LogP contribution in [0.25, 0.3) is 11.1 Å². The molecule has 2 N–H and O–H groups in total. The van der Waals surface area contributed by atoms with Crippen LogP contribution in [0.3, 0.4) is 0 Å². The summed E-state index contributed by atoms with van der Waals surface area (Å²) in [5, 5.41) is 20.7. The van der Waals surface area contributed by atoms with E-state index in [-0.39, 0.29) is 5.57 Å². The molecule has 0 unspecified atom stereocenters. The molecular formula is C26H36N4O2. The van der Waals surface area contributed by atoms with Gasteiger partial charge in [0.2, 0.25) is 0 Å². The van der Waals surface area contributed by atoms with E-state index in [1.807, 2.05) is 44.2 Å². The van der Waals surface area contributed by atoms with Crippen LogP contribution in [0.15, 0.2) is 53.2 Å². The maximum absolute atomic E-state index is 10.2. The van der Waals surface area contributed by atoms with Gasteiger partial charge in [-0.3, -0.25) is 9.98 Å². The Morgan fingerprint density at radius 2 is 1.78 bits per heavy atom. The number of carbonyl (C=O) groups is 1. The second-order valence-corrected chi connectivity index (χ2v) is 7.04. The van der Waals surface area contributed by atoms with Crippen molar-refractivity contribution >= 4 is 12.2 Å². The Labute approximate surface area is 192 Å². The summed E-state index contributed by atoms with van der Waals surface area (Å²) in [5.74, 6) is -0.942. The number of aliphatic carboxylic acids is 1. The lowest BCUT2D eigenvalue weighted by atomic mass is 10.0. The van der Waals surface area contributed by atoms with E-state index < -0.39 is 5.97 Å². The largest absolute Gasteiger partial charge is 0.478 e. The van der Waals surface area contributed by atoms with E-state index in [1.54, 1.807) is 13.1 Å². The molecule has 0 saturated heterocycles. The summed E-state index contributed by atoms with van der Waals surface area (Å²) in [6, 6.07) is 12.1. The fourth-order valence-electron chi connectivity index (χ4n) is 2.49. The zero-order chi connectivity index (χ0) is 24.4. The molecule has 0 bridgehead atoms. The Bertz CT molecular complexity index is 906. The highest BCUT2D eigenvalue weighted by Crippen LogP contribution is 2.23. The molecule has 0 saturated carbocycles. The van der Waals surface area contributed by atoms with E-state index in [4.69, 9.17) is 10.4 Å². The predicted octanol–water partition coefficient (Wildman–Crippen LogP) is 5.35. The van der Waals surface area contributed by atoms with Crippen LogP contribution < -0.4 is 5.32 Å². The first kappa shape index (κ1) is 28.7. The van der Waals surface area contributed by atoms with Crippen molar-refractivity contribution < 1.29 is 9.90 Å². The monoisotopic (exact) mass is 436 g/mol. The molecule has 172 valence electrons. The van der Waals surface area contributed by atoms with Crippen LogP contribution in [-0.2, 0) is 4.79 Å². The number of allylic oxidation sites excluding steroid dienone is 1. The number of pyridine rings is 1. The topological polar surface area (TPSA) is 98.4 Å². The van der Waals surface area contributed by atoms with Crippen molar-refractivity contribution in [2.75, 3.05) is 20.1 Å². The molecule has 6 heteroatoms. The highest BCUT2D eigenvalue weighted by atomic mass is 16.4. The van der Waals surface area contributed by atoms with Crippen molar-refractivity contribution in [3.8, 4) is 17.2 Å². The van der Waals surface area contributed by atoms with Crippen LogP contribution in [0, 0.1) is 25.2 Å². The smallest absolute Gasteiger partial charge is 0.336 e.